The van der Waals surface area contributed by atoms with E-state index in [-0.39, 0.29) is 0 Å². The summed E-state index contributed by atoms with van der Waals surface area (Å²) < 4.78 is 0. The van der Waals surface area contributed by atoms with Crippen molar-refractivity contribution < 1.29 is 0 Å². The van der Waals surface area contributed by atoms with Crippen LogP contribution in [0.15, 0.2) is 18.3 Å². The third kappa shape index (κ3) is 3.11. The molecule has 1 aliphatic carbocycles. The molecule has 0 radical (unpaired) electrons. The fraction of sp³-hybridized carbons (Fsp3) is 0.688. The number of hydrogen-bond acceptors (Lipinski definition) is 2. The molecule has 0 N–H and O–H groups in total. The van der Waals surface area contributed by atoms with E-state index in [4.69, 9.17) is 11.6 Å². The summed E-state index contributed by atoms with van der Waals surface area (Å²) in [5, 5.41) is 0.667. The van der Waals surface area contributed by atoms with Crippen molar-refractivity contribution in [1.82, 2.24) is 9.88 Å². The van der Waals surface area contributed by atoms with E-state index in [2.05, 4.69) is 16.0 Å². The average molecular weight is 279 g/mol. The smallest absolute Gasteiger partial charge is 0.133 e. The minimum absolute atomic E-state index is 0.667. The molecule has 1 saturated heterocycles. The van der Waals surface area contributed by atoms with Gasteiger partial charge in [0, 0.05) is 18.3 Å². The van der Waals surface area contributed by atoms with Crippen molar-refractivity contribution >= 4 is 11.6 Å². The Morgan fingerprint density at radius 3 is 2.53 bits per heavy atom. The van der Waals surface area contributed by atoms with Crippen LogP contribution in [-0.2, 0) is 6.54 Å². The molecule has 0 atom stereocenters. The molecular weight excluding hydrogens is 256 g/mol. The molecule has 104 valence electrons. The van der Waals surface area contributed by atoms with Crippen LogP contribution in [-0.4, -0.2) is 23.0 Å². The number of piperidine rings is 1. The third-order valence-electron chi connectivity index (χ3n) is 5.06. The molecule has 1 spiro atoms. The molecule has 0 bridgehead atoms. The van der Waals surface area contributed by atoms with Crippen molar-refractivity contribution in [2.75, 3.05) is 13.1 Å². The lowest BCUT2D eigenvalue weighted by atomic mass is 9.68. The molecule has 0 aromatic carbocycles. The predicted octanol–water partition coefficient (Wildman–Crippen LogP) is 4.28. The van der Waals surface area contributed by atoms with E-state index in [0.717, 1.165) is 6.54 Å². The zero-order chi connectivity index (χ0) is 13.1. The van der Waals surface area contributed by atoms with Crippen molar-refractivity contribution in [2.24, 2.45) is 5.41 Å². The second-order valence-corrected chi connectivity index (χ2v) is 6.65. The maximum absolute atomic E-state index is 6.15. The van der Waals surface area contributed by atoms with Gasteiger partial charge in [0.2, 0.25) is 0 Å². The molecule has 1 saturated carbocycles. The van der Waals surface area contributed by atoms with Crippen LogP contribution in [0, 0.1) is 5.41 Å². The second-order valence-electron chi connectivity index (χ2n) is 6.29. The Labute approximate surface area is 121 Å². The van der Waals surface area contributed by atoms with Crippen molar-refractivity contribution in [3.05, 3.63) is 29.0 Å². The van der Waals surface area contributed by atoms with E-state index in [9.17, 15) is 0 Å². The molecule has 0 amide bonds. The fourth-order valence-corrected chi connectivity index (χ4v) is 3.94. The first-order valence-electron chi connectivity index (χ1n) is 7.59. The average Bonchev–Trinajstić information content (AvgIpc) is 2.45. The topological polar surface area (TPSA) is 16.1 Å². The van der Waals surface area contributed by atoms with E-state index in [1.807, 2.05) is 6.07 Å². The van der Waals surface area contributed by atoms with Crippen molar-refractivity contribution in [3.8, 4) is 0 Å². The van der Waals surface area contributed by atoms with E-state index in [1.165, 1.54) is 63.6 Å². The molecular formula is C16H23ClN2. The molecule has 2 aliphatic rings. The van der Waals surface area contributed by atoms with Crippen LogP contribution in [0.25, 0.3) is 0 Å². The van der Waals surface area contributed by atoms with Crippen LogP contribution < -0.4 is 0 Å². The van der Waals surface area contributed by atoms with Crippen LogP contribution in [0.2, 0.25) is 5.15 Å². The van der Waals surface area contributed by atoms with Crippen LogP contribution in [0.4, 0.5) is 0 Å². The summed E-state index contributed by atoms with van der Waals surface area (Å²) in [4.78, 5) is 6.71. The van der Waals surface area contributed by atoms with Crippen LogP contribution >= 0.6 is 11.6 Å². The van der Waals surface area contributed by atoms with Crippen LogP contribution in [0.3, 0.4) is 0 Å². The molecule has 0 unspecified atom stereocenters. The van der Waals surface area contributed by atoms with Gasteiger partial charge in [0.15, 0.2) is 0 Å². The summed E-state index contributed by atoms with van der Waals surface area (Å²) in [6.07, 6.45) is 11.8. The van der Waals surface area contributed by atoms with E-state index < -0.39 is 0 Å². The summed E-state index contributed by atoms with van der Waals surface area (Å²) in [5.74, 6) is 0. The van der Waals surface area contributed by atoms with Gasteiger partial charge in [-0.05, 0) is 50.3 Å². The molecule has 3 rings (SSSR count). The van der Waals surface area contributed by atoms with Crippen molar-refractivity contribution in [2.45, 2.75) is 51.5 Å². The first-order chi connectivity index (χ1) is 9.27. The SMILES string of the molecule is Clc1ncccc1CN1CCC2(CCCCC2)CC1. The number of nitrogens with zero attached hydrogens (tertiary/aromatic N) is 2. The summed E-state index contributed by atoms with van der Waals surface area (Å²) in [6.45, 7) is 3.42. The van der Waals surface area contributed by atoms with Gasteiger partial charge in [-0.2, -0.15) is 0 Å². The largest absolute Gasteiger partial charge is 0.299 e. The van der Waals surface area contributed by atoms with E-state index in [1.54, 1.807) is 6.20 Å². The van der Waals surface area contributed by atoms with E-state index >= 15 is 0 Å². The maximum atomic E-state index is 6.15. The highest BCUT2D eigenvalue weighted by molar-refractivity contribution is 6.30. The number of hydrogen-bond donors (Lipinski definition) is 0. The van der Waals surface area contributed by atoms with Crippen molar-refractivity contribution in [3.63, 3.8) is 0 Å². The molecule has 2 nitrogen and oxygen atoms in total. The van der Waals surface area contributed by atoms with Gasteiger partial charge in [0.1, 0.15) is 5.15 Å². The number of aromatic nitrogens is 1. The Bertz CT molecular complexity index is 417. The lowest BCUT2D eigenvalue weighted by Gasteiger charge is -2.44. The molecule has 1 aliphatic heterocycles. The van der Waals surface area contributed by atoms with Gasteiger partial charge in [-0.25, -0.2) is 4.98 Å². The summed E-state index contributed by atoms with van der Waals surface area (Å²) >= 11 is 6.15. The second kappa shape index (κ2) is 5.80. The van der Waals surface area contributed by atoms with Gasteiger partial charge >= 0.3 is 0 Å². The van der Waals surface area contributed by atoms with Gasteiger partial charge in [0.25, 0.3) is 0 Å². The highest BCUT2D eigenvalue weighted by Crippen LogP contribution is 2.44. The maximum Gasteiger partial charge on any atom is 0.133 e. The Hall–Kier alpha value is -0.600. The predicted molar refractivity (Wildman–Crippen MR) is 79.3 cm³/mol. The number of rotatable bonds is 2. The van der Waals surface area contributed by atoms with Crippen LogP contribution in [0.5, 0.6) is 0 Å². The fourth-order valence-electron chi connectivity index (χ4n) is 3.77. The Balaban J connectivity index is 1.57. The van der Waals surface area contributed by atoms with Gasteiger partial charge < -0.3 is 0 Å². The van der Waals surface area contributed by atoms with Crippen molar-refractivity contribution in [1.29, 1.82) is 0 Å². The normalized spacial score (nSPS) is 23.6. The minimum atomic E-state index is 0.667. The van der Waals surface area contributed by atoms with Gasteiger partial charge in [-0.3, -0.25) is 4.90 Å². The first-order valence-corrected chi connectivity index (χ1v) is 7.97. The number of likely N-dealkylation sites (tertiary alicyclic amines) is 1. The zero-order valence-electron chi connectivity index (χ0n) is 11.6. The molecule has 1 aromatic rings. The standard InChI is InChI=1S/C16H23ClN2/c17-15-14(5-4-10-18-15)13-19-11-8-16(9-12-19)6-2-1-3-7-16/h4-5,10H,1-3,6-9,11-13H2. The third-order valence-corrected chi connectivity index (χ3v) is 5.40. The molecule has 1 aromatic heterocycles. The number of halogens is 1. The van der Waals surface area contributed by atoms with E-state index in [0.29, 0.717) is 10.6 Å². The first kappa shape index (κ1) is 13.4. The zero-order valence-corrected chi connectivity index (χ0v) is 12.3. The minimum Gasteiger partial charge on any atom is -0.299 e. The Morgan fingerprint density at radius 1 is 1.11 bits per heavy atom. The number of pyridine rings is 1. The summed E-state index contributed by atoms with van der Waals surface area (Å²) in [6, 6.07) is 4.08. The highest BCUT2D eigenvalue weighted by Gasteiger charge is 2.35. The molecule has 3 heteroatoms. The lowest BCUT2D eigenvalue weighted by molar-refractivity contribution is 0.0641. The highest BCUT2D eigenvalue weighted by atomic mass is 35.5. The molecule has 19 heavy (non-hydrogen) atoms. The van der Waals surface area contributed by atoms with Crippen LogP contribution in [0.1, 0.15) is 50.5 Å². The lowest BCUT2D eigenvalue weighted by Crippen LogP contribution is -2.40. The van der Waals surface area contributed by atoms with Gasteiger partial charge in [0.05, 0.1) is 0 Å². The van der Waals surface area contributed by atoms with Gasteiger partial charge in [-0.1, -0.05) is 36.9 Å². The van der Waals surface area contributed by atoms with Gasteiger partial charge in [-0.15, -0.1) is 0 Å². The molecule has 2 fully saturated rings. The quantitative estimate of drug-likeness (QED) is 0.751. The summed E-state index contributed by atoms with van der Waals surface area (Å²) in [5.41, 5.74) is 1.86. The summed E-state index contributed by atoms with van der Waals surface area (Å²) in [7, 11) is 0. The Kier molecular flexibility index (Phi) is 4.09. The Morgan fingerprint density at radius 2 is 1.84 bits per heavy atom. The molecule has 2 heterocycles. The monoisotopic (exact) mass is 278 g/mol.